The molecule has 12 heavy (non-hydrogen) atoms. The number of oxazole rings is 1. The maximum atomic E-state index is 8.74. The minimum Gasteiger partial charge on any atom is -0.438 e. The fraction of sp³-hybridized carbons (Fsp3) is 0.125. The van der Waals surface area contributed by atoms with Crippen molar-refractivity contribution in [1.29, 1.82) is 0 Å². The maximum Gasteiger partial charge on any atom is 0.221 e. The minimum atomic E-state index is -0.160. The molecule has 0 unspecified atom stereocenters. The summed E-state index contributed by atoms with van der Waals surface area (Å²) in [4.78, 5) is 4.05. The Bertz CT molecular complexity index is 410. The number of aliphatic hydroxyl groups is 1. The average molecular weight is 228 g/mol. The van der Waals surface area contributed by atoms with E-state index in [1.54, 1.807) is 0 Å². The van der Waals surface area contributed by atoms with E-state index >= 15 is 0 Å². The quantitative estimate of drug-likeness (QED) is 0.812. The summed E-state index contributed by atoms with van der Waals surface area (Å²) in [5, 5.41) is 8.74. The molecule has 2 aromatic rings. The molecular weight excluding hydrogens is 222 g/mol. The fourth-order valence-corrected chi connectivity index (χ4v) is 1.36. The molecule has 4 heteroatoms. The molecule has 2 rings (SSSR count). The van der Waals surface area contributed by atoms with Crippen LogP contribution in [0.1, 0.15) is 5.89 Å². The predicted molar refractivity (Wildman–Crippen MR) is 47.6 cm³/mol. The number of hydrogen-bond acceptors (Lipinski definition) is 3. The van der Waals surface area contributed by atoms with E-state index in [-0.39, 0.29) is 6.61 Å². The first-order valence-electron chi connectivity index (χ1n) is 3.45. The van der Waals surface area contributed by atoms with E-state index in [0.717, 1.165) is 9.99 Å². The second kappa shape index (κ2) is 2.88. The Morgan fingerprint density at radius 3 is 3.08 bits per heavy atom. The van der Waals surface area contributed by atoms with Crippen LogP contribution in [-0.4, -0.2) is 10.1 Å². The van der Waals surface area contributed by atoms with E-state index in [1.165, 1.54) is 0 Å². The SMILES string of the molecule is OCc1nc2cc(Br)ccc2o1. The van der Waals surface area contributed by atoms with Crippen molar-refractivity contribution in [2.24, 2.45) is 0 Å². The third kappa shape index (κ3) is 1.23. The van der Waals surface area contributed by atoms with Gasteiger partial charge in [-0.1, -0.05) is 15.9 Å². The number of aromatic nitrogens is 1. The van der Waals surface area contributed by atoms with Crippen molar-refractivity contribution < 1.29 is 9.52 Å². The van der Waals surface area contributed by atoms with Crippen LogP contribution in [0.5, 0.6) is 0 Å². The topological polar surface area (TPSA) is 46.3 Å². The summed E-state index contributed by atoms with van der Waals surface area (Å²) in [7, 11) is 0. The molecule has 1 N–H and O–H groups in total. The minimum absolute atomic E-state index is 0.160. The van der Waals surface area contributed by atoms with Gasteiger partial charge in [0, 0.05) is 4.47 Å². The molecule has 0 aliphatic rings. The third-order valence-corrected chi connectivity index (χ3v) is 2.02. The second-order valence-corrected chi connectivity index (χ2v) is 3.29. The molecule has 1 heterocycles. The van der Waals surface area contributed by atoms with Crippen molar-refractivity contribution in [2.45, 2.75) is 6.61 Å². The zero-order chi connectivity index (χ0) is 8.55. The van der Waals surface area contributed by atoms with Crippen LogP contribution in [0.4, 0.5) is 0 Å². The lowest BCUT2D eigenvalue weighted by Crippen LogP contribution is -1.78. The van der Waals surface area contributed by atoms with Crippen LogP contribution in [0.15, 0.2) is 27.1 Å². The molecule has 0 bridgehead atoms. The van der Waals surface area contributed by atoms with Crippen molar-refractivity contribution in [3.63, 3.8) is 0 Å². The molecule has 3 nitrogen and oxygen atoms in total. The van der Waals surface area contributed by atoms with Crippen LogP contribution in [-0.2, 0) is 6.61 Å². The first-order valence-corrected chi connectivity index (χ1v) is 4.25. The first-order chi connectivity index (χ1) is 5.79. The van der Waals surface area contributed by atoms with Gasteiger partial charge in [0.05, 0.1) is 0 Å². The zero-order valence-electron chi connectivity index (χ0n) is 6.12. The van der Waals surface area contributed by atoms with Gasteiger partial charge in [-0.05, 0) is 18.2 Å². The van der Waals surface area contributed by atoms with Crippen molar-refractivity contribution in [3.8, 4) is 0 Å². The number of halogens is 1. The number of fused-ring (bicyclic) bond motifs is 1. The van der Waals surface area contributed by atoms with Crippen LogP contribution >= 0.6 is 15.9 Å². The number of hydrogen-bond donors (Lipinski definition) is 1. The molecule has 0 radical (unpaired) electrons. The average Bonchev–Trinajstić information content (AvgIpc) is 2.46. The lowest BCUT2D eigenvalue weighted by molar-refractivity contribution is 0.244. The van der Waals surface area contributed by atoms with Crippen LogP contribution in [0.25, 0.3) is 11.1 Å². The smallest absolute Gasteiger partial charge is 0.221 e. The Hall–Kier alpha value is -0.870. The highest BCUT2D eigenvalue weighted by molar-refractivity contribution is 9.10. The number of aliphatic hydroxyl groups excluding tert-OH is 1. The second-order valence-electron chi connectivity index (χ2n) is 2.38. The van der Waals surface area contributed by atoms with E-state index in [1.807, 2.05) is 18.2 Å². The molecule has 0 aliphatic heterocycles. The maximum absolute atomic E-state index is 8.74. The van der Waals surface area contributed by atoms with E-state index in [9.17, 15) is 0 Å². The molecule has 0 spiro atoms. The summed E-state index contributed by atoms with van der Waals surface area (Å²) in [6, 6.07) is 5.53. The van der Waals surface area contributed by atoms with Crippen molar-refractivity contribution >= 4 is 27.0 Å². The molecular formula is C8H6BrNO2. The summed E-state index contributed by atoms with van der Waals surface area (Å²) in [6.45, 7) is -0.160. The monoisotopic (exact) mass is 227 g/mol. The Kier molecular flexibility index (Phi) is 1.86. The summed E-state index contributed by atoms with van der Waals surface area (Å²) in [6.07, 6.45) is 0. The summed E-state index contributed by atoms with van der Waals surface area (Å²) >= 11 is 3.32. The van der Waals surface area contributed by atoms with Crippen LogP contribution < -0.4 is 0 Å². The van der Waals surface area contributed by atoms with Crippen LogP contribution in [0.2, 0.25) is 0 Å². The van der Waals surface area contributed by atoms with Crippen molar-refractivity contribution in [3.05, 3.63) is 28.6 Å². The highest BCUT2D eigenvalue weighted by Crippen LogP contribution is 2.19. The van der Waals surface area contributed by atoms with Gasteiger partial charge in [0.25, 0.3) is 0 Å². The van der Waals surface area contributed by atoms with Gasteiger partial charge in [0.15, 0.2) is 5.58 Å². The number of nitrogens with zero attached hydrogens (tertiary/aromatic N) is 1. The van der Waals surface area contributed by atoms with Crippen LogP contribution in [0, 0.1) is 0 Å². The lowest BCUT2D eigenvalue weighted by atomic mass is 10.3. The standard InChI is InChI=1S/C8H6BrNO2/c9-5-1-2-7-6(3-5)10-8(4-11)12-7/h1-3,11H,4H2. The first kappa shape index (κ1) is 7.76. The number of benzene rings is 1. The Morgan fingerprint density at radius 2 is 2.33 bits per heavy atom. The predicted octanol–water partition coefficient (Wildman–Crippen LogP) is 2.08. The largest absolute Gasteiger partial charge is 0.438 e. The van der Waals surface area contributed by atoms with Gasteiger partial charge in [-0.2, -0.15) is 0 Å². The van der Waals surface area contributed by atoms with E-state index in [4.69, 9.17) is 9.52 Å². The fourth-order valence-electron chi connectivity index (χ4n) is 1.02. The van der Waals surface area contributed by atoms with E-state index in [2.05, 4.69) is 20.9 Å². The number of rotatable bonds is 1. The third-order valence-electron chi connectivity index (χ3n) is 1.53. The van der Waals surface area contributed by atoms with E-state index < -0.39 is 0 Å². The van der Waals surface area contributed by atoms with Crippen molar-refractivity contribution in [1.82, 2.24) is 4.98 Å². The van der Waals surface area contributed by atoms with Gasteiger partial charge in [-0.3, -0.25) is 0 Å². The van der Waals surface area contributed by atoms with Gasteiger partial charge in [0.1, 0.15) is 12.1 Å². The van der Waals surface area contributed by atoms with Gasteiger partial charge in [-0.25, -0.2) is 4.98 Å². The summed E-state index contributed by atoms with van der Waals surface area (Å²) < 4.78 is 6.14. The molecule has 1 aromatic carbocycles. The van der Waals surface area contributed by atoms with Crippen LogP contribution in [0.3, 0.4) is 0 Å². The van der Waals surface area contributed by atoms with Crippen molar-refractivity contribution in [2.75, 3.05) is 0 Å². The highest BCUT2D eigenvalue weighted by atomic mass is 79.9. The molecule has 0 saturated carbocycles. The lowest BCUT2D eigenvalue weighted by Gasteiger charge is -1.86. The molecule has 0 saturated heterocycles. The summed E-state index contributed by atoms with van der Waals surface area (Å²) in [5.41, 5.74) is 1.45. The van der Waals surface area contributed by atoms with Gasteiger partial charge < -0.3 is 9.52 Å². The normalized spacial score (nSPS) is 10.8. The highest BCUT2D eigenvalue weighted by Gasteiger charge is 2.03. The van der Waals surface area contributed by atoms with Gasteiger partial charge >= 0.3 is 0 Å². The molecule has 0 aliphatic carbocycles. The Morgan fingerprint density at radius 1 is 1.50 bits per heavy atom. The summed E-state index contributed by atoms with van der Waals surface area (Å²) in [5.74, 6) is 0.350. The van der Waals surface area contributed by atoms with Gasteiger partial charge in [0.2, 0.25) is 5.89 Å². The Labute approximate surface area is 77.2 Å². The molecule has 0 fully saturated rings. The van der Waals surface area contributed by atoms with Gasteiger partial charge in [-0.15, -0.1) is 0 Å². The van der Waals surface area contributed by atoms with E-state index in [0.29, 0.717) is 11.5 Å². The molecule has 62 valence electrons. The molecule has 1 aromatic heterocycles. The Balaban J connectivity index is 2.67. The zero-order valence-corrected chi connectivity index (χ0v) is 7.71. The molecule has 0 amide bonds. The molecule has 0 atom stereocenters.